The zero-order chi connectivity index (χ0) is 11.1. The number of fused-ring (bicyclic) bond motifs is 3. The van der Waals surface area contributed by atoms with Gasteiger partial charge in [-0.3, -0.25) is 0 Å². The van der Waals surface area contributed by atoms with E-state index in [1.165, 1.54) is 36.9 Å². The van der Waals surface area contributed by atoms with Crippen LogP contribution in [0.3, 0.4) is 0 Å². The highest BCUT2D eigenvalue weighted by Gasteiger charge is 2.35. The lowest BCUT2D eigenvalue weighted by atomic mass is 9.74. The number of phenols is 1. The predicted molar refractivity (Wildman–Crippen MR) is 75.1 cm³/mol. The fourth-order valence-electron chi connectivity index (χ4n) is 3.51. The maximum Gasteiger partial charge on any atom is 0.119 e. The number of hydrogen-bond donors (Lipinski definition) is 1. The molecule has 0 amide bonds. The standard InChI is InChI=1S/C14H19NO.BrH/c1-15-9-3-5-11-10-4-2-6-14(16)12(10)7-8-13(11)15;/h2,4,6,11,13,16H,3,5,7-9H2,1H3;1H/t11-,13-;/m1./s1. The van der Waals surface area contributed by atoms with Crippen molar-refractivity contribution in [2.45, 2.75) is 37.6 Å². The molecule has 1 saturated heterocycles. The average Bonchev–Trinajstić information content (AvgIpc) is 2.30. The lowest BCUT2D eigenvalue weighted by molar-refractivity contribution is 0.143. The number of aromatic hydroxyl groups is 1. The number of halogens is 1. The summed E-state index contributed by atoms with van der Waals surface area (Å²) in [5, 5.41) is 9.90. The van der Waals surface area contributed by atoms with Gasteiger partial charge in [0.1, 0.15) is 5.75 Å². The van der Waals surface area contributed by atoms with Gasteiger partial charge in [0, 0.05) is 6.04 Å². The molecule has 0 spiro atoms. The van der Waals surface area contributed by atoms with Gasteiger partial charge in [-0.1, -0.05) is 12.1 Å². The fraction of sp³-hybridized carbons (Fsp3) is 0.571. The highest BCUT2D eigenvalue weighted by atomic mass is 79.9. The number of likely N-dealkylation sites (N-methyl/N-ethyl adjacent to an activating group) is 1. The Labute approximate surface area is 113 Å². The van der Waals surface area contributed by atoms with Crippen LogP contribution in [0.4, 0.5) is 0 Å². The Bertz CT molecular complexity index is 407. The molecular weight excluding hydrogens is 278 g/mol. The Morgan fingerprint density at radius 1 is 1.29 bits per heavy atom. The highest BCUT2D eigenvalue weighted by molar-refractivity contribution is 8.93. The van der Waals surface area contributed by atoms with E-state index in [9.17, 15) is 5.11 Å². The Morgan fingerprint density at radius 3 is 2.94 bits per heavy atom. The van der Waals surface area contributed by atoms with Crippen LogP contribution in [0, 0.1) is 0 Å². The summed E-state index contributed by atoms with van der Waals surface area (Å²) in [4.78, 5) is 2.50. The van der Waals surface area contributed by atoms with E-state index in [1.807, 2.05) is 12.1 Å². The molecule has 1 heterocycles. The molecule has 0 aromatic heterocycles. The van der Waals surface area contributed by atoms with Crippen LogP contribution in [0.1, 0.15) is 36.3 Å². The number of likely N-dealkylation sites (tertiary alicyclic amines) is 1. The van der Waals surface area contributed by atoms with E-state index in [0.29, 0.717) is 17.7 Å². The van der Waals surface area contributed by atoms with Crippen LogP contribution < -0.4 is 0 Å². The Balaban J connectivity index is 0.00000108. The first-order chi connectivity index (χ1) is 7.77. The van der Waals surface area contributed by atoms with Crippen LogP contribution in [-0.2, 0) is 6.42 Å². The van der Waals surface area contributed by atoms with Gasteiger partial charge >= 0.3 is 0 Å². The molecule has 0 bridgehead atoms. The largest absolute Gasteiger partial charge is 0.508 e. The monoisotopic (exact) mass is 297 g/mol. The molecule has 1 aromatic carbocycles. The lowest BCUT2D eigenvalue weighted by Gasteiger charge is -2.43. The lowest BCUT2D eigenvalue weighted by Crippen LogP contribution is -2.43. The third-order valence-electron chi connectivity index (χ3n) is 4.33. The summed E-state index contributed by atoms with van der Waals surface area (Å²) in [6.45, 7) is 1.23. The van der Waals surface area contributed by atoms with Gasteiger partial charge in [-0.2, -0.15) is 0 Å². The van der Waals surface area contributed by atoms with Gasteiger partial charge < -0.3 is 10.0 Å². The second kappa shape index (κ2) is 4.99. The molecule has 94 valence electrons. The van der Waals surface area contributed by atoms with Crippen LogP contribution in [0.25, 0.3) is 0 Å². The number of piperidine rings is 1. The average molecular weight is 298 g/mol. The summed E-state index contributed by atoms with van der Waals surface area (Å²) in [6.07, 6.45) is 4.80. The summed E-state index contributed by atoms with van der Waals surface area (Å²) < 4.78 is 0. The van der Waals surface area contributed by atoms with Crippen LogP contribution in [0.2, 0.25) is 0 Å². The number of benzene rings is 1. The zero-order valence-electron chi connectivity index (χ0n) is 10.2. The van der Waals surface area contributed by atoms with Gasteiger partial charge in [-0.05, 0) is 62.4 Å². The van der Waals surface area contributed by atoms with E-state index in [4.69, 9.17) is 0 Å². The normalized spacial score (nSPS) is 27.8. The van der Waals surface area contributed by atoms with Gasteiger partial charge in [0.05, 0.1) is 0 Å². The van der Waals surface area contributed by atoms with Gasteiger partial charge in [-0.25, -0.2) is 0 Å². The molecule has 1 aliphatic heterocycles. The van der Waals surface area contributed by atoms with E-state index in [-0.39, 0.29) is 17.0 Å². The van der Waals surface area contributed by atoms with Crippen molar-refractivity contribution in [3.63, 3.8) is 0 Å². The number of phenolic OH excluding ortho intramolecular Hbond substituents is 1. The minimum atomic E-state index is 0. The van der Waals surface area contributed by atoms with Crippen molar-refractivity contribution >= 4 is 17.0 Å². The van der Waals surface area contributed by atoms with E-state index >= 15 is 0 Å². The minimum Gasteiger partial charge on any atom is -0.508 e. The SMILES string of the molecule is Br.CN1CCC[C@@H]2c3cccc(O)c3CC[C@H]21. The van der Waals surface area contributed by atoms with Crippen molar-refractivity contribution in [1.29, 1.82) is 0 Å². The van der Waals surface area contributed by atoms with Gasteiger partial charge in [-0.15, -0.1) is 17.0 Å². The van der Waals surface area contributed by atoms with E-state index in [1.54, 1.807) is 0 Å². The maximum absolute atomic E-state index is 9.90. The Morgan fingerprint density at radius 2 is 2.12 bits per heavy atom. The van der Waals surface area contributed by atoms with Crippen molar-refractivity contribution in [3.05, 3.63) is 29.3 Å². The summed E-state index contributed by atoms with van der Waals surface area (Å²) in [7, 11) is 2.24. The Hall–Kier alpha value is -0.540. The van der Waals surface area contributed by atoms with Crippen molar-refractivity contribution in [1.82, 2.24) is 4.90 Å². The first-order valence-electron chi connectivity index (χ1n) is 6.28. The van der Waals surface area contributed by atoms with E-state index < -0.39 is 0 Å². The van der Waals surface area contributed by atoms with Crippen molar-refractivity contribution < 1.29 is 5.11 Å². The van der Waals surface area contributed by atoms with Crippen LogP contribution in [0.5, 0.6) is 5.75 Å². The Kier molecular flexibility index (Phi) is 3.79. The summed E-state index contributed by atoms with van der Waals surface area (Å²) in [6, 6.07) is 6.73. The molecule has 3 rings (SSSR count). The summed E-state index contributed by atoms with van der Waals surface area (Å²) in [5.74, 6) is 1.15. The van der Waals surface area contributed by atoms with Gasteiger partial charge in [0.25, 0.3) is 0 Å². The number of nitrogens with zero attached hydrogens (tertiary/aromatic N) is 1. The van der Waals surface area contributed by atoms with Crippen molar-refractivity contribution in [3.8, 4) is 5.75 Å². The smallest absolute Gasteiger partial charge is 0.119 e. The molecule has 2 nitrogen and oxygen atoms in total. The number of rotatable bonds is 0. The summed E-state index contributed by atoms with van der Waals surface area (Å²) >= 11 is 0. The van der Waals surface area contributed by atoms with Crippen LogP contribution >= 0.6 is 17.0 Å². The molecule has 1 fully saturated rings. The molecular formula is C14H20BrNO. The van der Waals surface area contributed by atoms with Crippen LogP contribution in [0.15, 0.2) is 18.2 Å². The predicted octanol–water partition coefficient (Wildman–Crippen LogP) is 3.09. The molecule has 17 heavy (non-hydrogen) atoms. The first-order valence-corrected chi connectivity index (χ1v) is 6.28. The molecule has 0 saturated carbocycles. The topological polar surface area (TPSA) is 23.5 Å². The second-order valence-corrected chi connectivity index (χ2v) is 5.18. The van der Waals surface area contributed by atoms with Crippen molar-refractivity contribution in [2.75, 3.05) is 13.6 Å². The van der Waals surface area contributed by atoms with Crippen LogP contribution in [-0.4, -0.2) is 29.6 Å². The zero-order valence-corrected chi connectivity index (χ0v) is 11.9. The maximum atomic E-state index is 9.90. The third kappa shape index (κ3) is 2.11. The first kappa shape index (κ1) is 12.9. The van der Waals surface area contributed by atoms with Gasteiger partial charge in [0.15, 0.2) is 0 Å². The fourth-order valence-corrected chi connectivity index (χ4v) is 3.51. The molecule has 1 aromatic rings. The van der Waals surface area contributed by atoms with Gasteiger partial charge in [0.2, 0.25) is 0 Å². The highest BCUT2D eigenvalue weighted by Crippen LogP contribution is 2.42. The molecule has 0 unspecified atom stereocenters. The molecule has 1 aliphatic carbocycles. The summed E-state index contributed by atoms with van der Waals surface area (Å²) in [5.41, 5.74) is 2.61. The molecule has 3 heteroatoms. The van der Waals surface area contributed by atoms with Crippen molar-refractivity contribution in [2.24, 2.45) is 0 Å². The van der Waals surface area contributed by atoms with E-state index in [2.05, 4.69) is 18.0 Å². The number of hydrogen-bond acceptors (Lipinski definition) is 2. The third-order valence-corrected chi connectivity index (χ3v) is 4.33. The molecule has 2 atom stereocenters. The van der Waals surface area contributed by atoms with E-state index in [0.717, 1.165) is 6.42 Å². The quantitative estimate of drug-likeness (QED) is 0.795. The molecule has 1 N–H and O–H groups in total. The molecule has 2 aliphatic rings. The minimum absolute atomic E-state index is 0. The molecule has 0 radical (unpaired) electrons. The second-order valence-electron chi connectivity index (χ2n) is 5.18.